The van der Waals surface area contributed by atoms with Gasteiger partial charge in [-0.3, -0.25) is 4.79 Å². The van der Waals surface area contributed by atoms with Crippen LogP contribution in [0.15, 0.2) is 24.8 Å². The molecular formula is C22H27N7O. The molecule has 8 nitrogen and oxygen atoms in total. The molecule has 30 heavy (non-hydrogen) atoms. The maximum atomic E-state index is 12.6. The van der Waals surface area contributed by atoms with Crippen LogP contribution in [-0.2, 0) is 0 Å². The first-order valence-electron chi connectivity index (χ1n) is 10.7. The Morgan fingerprint density at radius 2 is 1.97 bits per heavy atom. The van der Waals surface area contributed by atoms with Crippen molar-refractivity contribution < 1.29 is 4.79 Å². The van der Waals surface area contributed by atoms with Crippen molar-refractivity contribution in [3.05, 3.63) is 41.9 Å². The van der Waals surface area contributed by atoms with Crippen molar-refractivity contribution in [3.63, 3.8) is 0 Å². The number of aryl methyl sites for hydroxylation is 2. The minimum atomic E-state index is -0.323. The number of anilines is 2. The van der Waals surface area contributed by atoms with Crippen molar-refractivity contribution in [2.45, 2.75) is 40.0 Å². The number of hydrogen-bond donors (Lipinski definition) is 1. The topological polar surface area (TPSA) is 88.3 Å². The van der Waals surface area contributed by atoms with Gasteiger partial charge in [-0.15, -0.1) is 0 Å². The summed E-state index contributed by atoms with van der Waals surface area (Å²) in [4.78, 5) is 32.5. The second-order valence-corrected chi connectivity index (χ2v) is 8.86. The molecule has 5 rings (SSSR count). The summed E-state index contributed by atoms with van der Waals surface area (Å²) < 4.78 is 1.87. The monoisotopic (exact) mass is 405 g/mol. The summed E-state index contributed by atoms with van der Waals surface area (Å²) in [6, 6.07) is 0. The Kier molecular flexibility index (Phi) is 4.64. The van der Waals surface area contributed by atoms with E-state index < -0.39 is 0 Å². The van der Waals surface area contributed by atoms with Crippen LogP contribution < -0.4 is 10.2 Å². The largest absolute Gasteiger partial charge is 0.355 e. The molecule has 1 amide bonds. The number of nitrogens with zero attached hydrogens (tertiary/aromatic N) is 6. The molecule has 156 valence electrons. The van der Waals surface area contributed by atoms with Crippen LogP contribution in [0.1, 0.15) is 48.1 Å². The Bertz CT molecular complexity index is 1080. The van der Waals surface area contributed by atoms with Crippen molar-refractivity contribution in [1.82, 2.24) is 24.3 Å². The lowest BCUT2D eigenvalue weighted by molar-refractivity contribution is 0.102. The maximum Gasteiger partial charge on any atom is 0.277 e. The maximum absolute atomic E-state index is 12.6. The summed E-state index contributed by atoms with van der Waals surface area (Å²) in [5.74, 6) is 3.47. The Hall–Kier alpha value is -3.03. The molecule has 1 atom stereocenters. The number of carbonyl (C=O) groups is 1. The van der Waals surface area contributed by atoms with Crippen LogP contribution in [0.2, 0.25) is 0 Å². The van der Waals surface area contributed by atoms with Gasteiger partial charge in [-0.25, -0.2) is 19.9 Å². The molecule has 1 saturated carbocycles. The molecule has 1 saturated heterocycles. The number of hydrogen-bond acceptors (Lipinski definition) is 6. The Labute approximate surface area is 175 Å². The molecule has 2 fully saturated rings. The molecule has 2 aliphatic rings. The zero-order valence-corrected chi connectivity index (χ0v) is 17.7. The van der Waals surface area contributed by atoms with E-state index in [1.807, 2.05) is 24.4 Å². The van der Waals surface area contributed by atoms with E-state index >= 15 is 0 Å². The highest BCUT2D eigenvalue weighted by molar-refractivity contribution is 6.02. The van der Waals surface area contributed by atoms with E-state index in [1.165, 1.54) is 19.3 Å². The lowest BCUT2D eigenvalue weighted by Gasteiger charge is -2.43. The number of amides is 1. The molecular weight excluding hydrogens is 378 g/mol. The first-order valence-corrected chi connectivity index (χ1v) is 10.7. The summed E-state index contributed by atoms with van der Waals surface area (Å²) in [6.45, 7) is 8.23. The van der Waals surface area contributed by atoms with Crippen molar-refractivity contribution in [2.75, 3.05) is 23.3 Å². The number of fused-ring (bicyclic) bond motifs is 1. The van der Waals surface area contributed by atoms with E-state index in [9.17, 15) is 4.79 Å². The van der Waals surface area contributed by atoms with E-state index in [1.54, 1.807) is 18.6 Å². The average Bonchev–Trinajstić information content (AvgIpc) is 3.39. The van der Waals surface area contributed by atoms with Crippen molar-refractivity contribution >= 4 is 23.2 Å². The van der Waals surface area contributed by atoms with Crippen LogP contribution in [0.5, 0.6) is 0 Å². The first-order chi connectivity index (χ1) is 14.5. The number of carbonyl (C=O) groups excluding carboxylic acids is 1. The van der Waals surface area contributed by atoms with E-state index in [0.717, 1.165) is 53.7 Å². The summed E-state index contributed by atoms with van der Waals surface area (Å²) in [5.41, 5.74) is 2.72. The molecule has 3 aromatic heterocycles. The van der Waals surface area contributed by atoms with Gasteiger partial charge in [0.05, 0.1) is 30.0 Å². The Morgan fingerprint density at radius 1 is 1.17 bits per heavy atom. The summed E-state index contributed by atoms with van der Waals surface area (Å²) >= 11 is 0. The first kappa shape index (κ1) is 19.0. The standard InChI is InChI=1S/C22H27N7O/c1-13(6-16-4-5-16)17-10-28(11-17)20-8-23-18(7-24-20)22(30)27-19-12-29-9-14(2)25-21(29)15(3)26-19/h7-9,12-13,16-17H,4-6,10-11H2,1-3H3,(H,27,30). The quantitative estimate of drug-likeness (QED) is 0.677. The van der Waals surface area contributed by atoms with Gasteiger partial charge in [-0.2, -0.15) is 0 Å². The zero-order valence-electron chi connectivity index (χ0n) is 17.7. The summed E-state index contributed by atoms with van der Waals surface area (Å²) in [5, 5.41) is 2.81. The van der Waals surface area contributed by atoms with E-state index in [0.29, 0.717) is 5.82 Å². The van der Waals surface area contributed by atoms with Crippen LogP contribution >= 0.6 is 0 Å². The van der Waals surface area contributed by atoms with Gasteiger partial charge in [0.15, 0.2) is 5.65 Å². The van der Waals surface area contributed by atoms with Crippen LogP contribution in [-0.4, -0.2) is 43.3 Å². The molecule has 0 bridgehead atoms. The molecule has 1 aliphatic carbocycles. The highest BCUT2D eigenvalue weighted by Gasteiger charge is 2.35. The van der Waals surface area contributed by atoms with Crippen molar-refractivity contribution in [1.29, 1.82) is 0 Å². The third-order valence-corrected chi connectivity index (χ3v) is 6.28. The molecule has 1 aliphatic heterocycles. The Morgan fingerprint density at radius 3 is 2.67 bits per heavy atom. The molecule has 1 N–H and O–H groups in total. The van der Waals surface area contributed by atoms with E-state index in [-0.39, 0.29) is 11.6 Å². The normalized spacial score (nSPS) is 17.8. The summed E-state index contributed by atoms with van der Waals surface area (Å²) in [6.07, 6.45) is 11.1. The number of nitrogens with one attached hydrogen (secondary N) is 1. The lowest BCUT2D eigenvalue weighted by Crippen LogP contribution is -2.50. The fourth-order valence-electron chi connectivity index (χ4n) is 4.25. The van der Waals surface area contributed by atoms with Gasteiger partial charge in [-0.1, -0.05) is 19.8 Å². The predicted molar refractivity (Wildman–Crippen MR) is 115 cm³/mol. The van der Waals surface area contributed by atoms with E-state index in [4.69, 9.17) is 0 Å². The van der Waals surface area contributed by atoms with Gasteiger partial charge in [0.25, 0.3) is 5.91 Å². The summed E-state index contributed by atoms with van der Waals surface area (Å²) in [7, 11) is 0. The second-order valence-electron chi connectivity index (χ2n) is 8.86. The molecule has 0 spiro atoms. The highest BCUT2D eigenvalue weighted by atomic mass is 16.1. The van der Waals surface area contributed by atoms with Crippen molar-refractivity contribution in [3.8, 4) is 0 Å². The molecule has 3 aromatic rings. The van der Waals surface area contributed by atoms with Gasteiger partial charge in [-0.05, 0) is 38.0 Å². The van der Waals surface area contributed by atoms with Crippen LogP contribution in [0.25, 0.3) is 5.65 Å². The zero-order chi connectivity index (χ0) is 20.8. The lowest BCUT2D eigenvalue weighted by atomic mass is 9.84. The third-order valence-electron chi connectivity index (χ3n) is 6.28. The van der Waals surface area contributed by atoms with Gasteiger partial charge in [0.1, 0.15) is 17.3 Å². The smallest absolute Gasteiger partial charge is 0.277 e. The highest BCUT2D eigenvalue weighted by Crippen LogP contribution is 2.39. The molecule has 4 heterocycles. The fraction of sp³-hybridized carbons (Fsp3) is 0.500. The number of imidazole rings is 1. The van der Waals surface area contributed by atoms with Crippen LogP contribution in [0.3, 0.4) is 0 Å². The van der Waals surface area contributed by atoms with Gasteiger partial charge >= 0.3 is 0 Å². The van der Waals surface area contributed by atoms with Gasteiger partial charge < -0.3 is 14.6 Å². The van der Waals surface area contributed by atoms with Crippen LogP contribution in [0, 0.1) is 31.6 Å². The third kappa shape index (κ3) is 3.74. The molecule has 1 unspecified atom stereocenters. The predicted octanol–water partition coefficient (Wildman–Crippen LogP) is 3.26. The second kappa shape index (κ2) is 7.34. The fourth-order valence-corrected chi connectivity index (χ4v) is 4.25. The number of aromatic nitrogens is 5. The van der Waals surface area contributed by atoms with E-state index in [2.05, 4.69) is 37.1 Å². The molecule has 8 heteroatoms. The molecule has 0 radical (unpaired) electrons. The van der Waals surface area contributed by atoms with Crippen LogP contribution in [0.4, 0.5) is 11.6 Å². The average molecular weight is 406 g/mol. The van der Waals surface area contributed by atoms with Gasteiger partial charge in [0, 0.05) is 19.3 Å². The van der Waals surface area contributed by atoms with Gasteiger partial charge in [0.2, 0.25) is 0 Å². The Balaban J connectivity index is 1.21. The minimum absolute atomic E-state index is 0.277. The minimum Gasteiger partial charge on any atom is -0.355 e. The SMILES string of the molecule is Cc1cn2cc(NC(=O)c3cnc(N4CC(C(C)CC5CC5)C4)cn3)nc(C)c2n1. The van der Waals surface area contributed by atoms with Crippen molar-refractivity contribution in [2.24, 2.45) is 17.8 Å². The molecule has 0 aromatic carbocycles. The number of rotatable bonds is 6.